The molecule has 1 aliphatic rings. The molecule has 0 bridgehead atoms. The molecule has 1 N–H and O–H groups in total. The molecule has 56 valence electrons. The van der Waals surface area contributed by atoms with E-state index in [9.17, 15) is 0 Å². The Balaban J connectivity index is 2.38. The van der Waals surface area contributed by atoms with Crippen LogP contribution < -0.4 is 5.32 Å². The Labute approximate surface area is 67.0 Å². The average Bonchev–Trinajstić information content (AvgIpc) is 2.43. The fourth-order valence-corrected chi connectivity index (χ4v) is 2.57. The first-order valence-electron chi connectivity index (χ1n) is 3.59. The van der Waals surface area contributed by atoms with Crippen LogP contribution in [0.5, 0.6) is 0 Å². The quantitative estimate of drug-likeness (QED) is 0.596. The molecule has 10 heavy (non-hydrogen) atoms. The number of hydrogen-bond donors (Lipinski definition) is 1. The summed E-state index contributed by atoms with van der Waals surface area (Å²) in [7, 11) is 1.94. The number of thioether (sulfide) groups is 1. The molecule has 0 saturated carbocycles. The van der Waals surface area contributed by atoms with E-state index in [1.807, 2.05) is 18.8 Å². The predicted octanol–water partition coefficient (Wildman–Crippen LogP) is 0.961. The second-order valence-electron chi connectivity index (χ2n) is 2.56. The SMILES string of the molecule is C#CC(NC)C1CCSC1. The molecule has 0 aromatic heterocycles. The van der Waals surface area contributed by atoms with Crippen LogP contribution in [-0.2, 0) is 0 Å². The van der Waals surface area contributed by atoms with Crippen LogP contribution in [0.15, 0.2) is 0 Å². The summed E-state index contributed by atoms with van der Waals surface area (Å²) in [6.45, 7) is 0. The van der Waals surface area contributed by atoms with Gasteiger partial charge < -0.3 is 5.32 Å². The van der Waals surface area contributed by atoms with Crippen molar-refractivity contribution in [1.82, 2.24) is 5.32 Å². The molecular weight excluding hydrogens is 142 g/mol. The smallest absolute Gasteiger partial charge is 0.0721 e. The maximum Gasteiger partial charge on any atom is 0.0721 e. The Morgan fingerprint density at radius 3 is 3.00 bits per heavy atom. The van der Waals surface area contributed by atoms with Crippen molar-refractivity contribution in [3.05, 3.63) is 0 Å². The minimum absolute atomic E-state index is 0.301. The molecule has 2 unspecified atom stereocenters. The highest BCUT2D eigenvalue weighted by atomic mass is 32.2. The molecule has 1 saturated heterocycles. The van der Waals surface area contributed by atoms with E-state index >= 15 is 0 Å². The summed E-state index contributed by atoms with van der Waals surface area (Å²) < 4.78 is 0. The van der Waals surface area contributed by atoms with E-state index in [0.29, 0.717) is 12.0 Å². The average molecular weight is 155 g/mol. The monoisotopic (exact) mass is 155 g/mol. The van der Waals surface area contributed by atoms with Gasteiger partial charge in [-0.1, -0.05) is 5.92 Å². The largest absolute Gasteiger partial charge is 0.307 e. The Bertz CT molecular complexity index is 133. The normalized spacial score (nSPS) is 27.8. The zero-order valence-corrected chi connectivity index (χ0v) is 7.08. The molecule has 2 atom stereocenters. The van der Waals surface area contributed by atoms with Gasteiger partial charge in [-0.3, -0.25) is 0 Å². The highest BCUT2D eigenvalue weighted by molar-refractivity contribution is 7.99. The zero-order chi connectivity index (χ0) is 7.40. The van der Waals surface area contributed by atoms with Gasteiger partial charge in [-0.15, -0.1) is 6.42 Å². The van der Waals surface area contributed by atoms with Gasteiger partial charge in [-0.05, 0) is 30.9 Å². The second kappa shape index (κ2) is 3.90. The van der Waals surface area contributed by atoms with Crippen molar-refractivity contribution in [2.24, 2.45) is 5.92 Å². The van der Waals surface area contributed by atoms with E-state index in [0.717, 1.165) is 0 Å². The van der Waals surface area contributed by atoms with Crippen molar-refractivity contribution >= 4 is 11.8 Å². The van der Waals surface area contributed by atoms with Gasteiger partial charge in [0.2, 0.25) is 0 Å². The molecule has 1 aliphatic heterocycles. The van der Waals surface area contributed by atoms with E-state index < -0.39 is 0 Å². The maximum absolute atomic E-state index is 5.34. The van der Waals surface area contributed by atoms with Crippen LogP contribution in [0.1, 0.15) is 6.42 Å². The summed E-state index contributed by atoms with van der Waals surface area (Å²) >= 11 is 2.01. The van der Waals surface area contributed by atoms with Gasteiger partial charge in [0.1, 0.15) is 0 Å². The Morgan fingerprint density at radius 1 is 1.80 bits per heavy atom. The van der Waals surface area contributed by atoms with Gasteiger partial charge in [0.25, 0.3) is 0 Å². The van der Waals surface area contributed by atoms with Crippen LogP contribution in [0.3, 0.4) is 0 Å². The first-order chi connectivity index (χ1) is 4.88. The molecule has 1 fully saturated rings. The Morgan fingerprint density at radius 2 is 2.60 bits per heavy atom. The molecule has 2 heteroatoms. The Kier molecular flexibility index (Phi) is 3.11. The van der Waals surface area contributed by atoms with Crippen molar-refractivity contribution in [2.75, 3.05) is 18.6 Å². The third-order valence-electron chi connectivity index (χ3n) is 1.93. The van der Waals surface area contributed by atoms with E-state index in [1.165, 1.54) is 17.9 Å². The highest BCUT2D eigenvalue weighted by Crippen LogP contribution is 2.25. The van der Waals surface area contributed by atoms with Crippen LogP contribution in [0.25, 0.3) is 0 Å². The highest BCUT2D eigenvalue weighted by Gasteiger charge is 2.21. The summed E-state index contributed by atoms with van der Waals surface area (Å²) in [6.07, 6.45) is 6.62. The van der Waals surface area contributed by atoms with Gasteiger partial charge in [0, 0.05) is 0 Å². The van der Waals surface area contributed by atoms with Gasteiger partial charge in [-0.2, -0.15) is 11.8 Å². The van der Waals surface area contributed by atoms with Crippen molar-refractivity contribution in [3.63, 3.8) is 0 Å². The Hall–Kier alpha value is -0.130. The minimum Gasteiger partial charge on any atom is -0.307 e. The molecule has 0 aromatic carbocycles. The molecule has 0 radical (unpaired) electrons. The molecular formula is C8H13NS. The van der Waals surface area contributed by atoms with Gasteiger partial charge >= 0.3 is 0 Å². The molecule has 0 amide bonds. The van der Waals surface area contributed by atoms with Crippen LogP contribution in [-0.4, -0.2) is 24.6 Å². The summed E-state index contributed by atoms with van der Waals surface area (Å²) in [5.41, 5.74) is 0. The summed E-state index contributed by atoms with van der Waals surface area (Å²) in [6, 6.07) is 0.301. The molecule has 0 aromatic rings. The third kappa shape index (κ3) is 1.68. The summed E-state index contributed by atoms with van der Waals surface area (Å²) in [4.78, 5) is 0. The molecule has 0 aliphatic carbocycles. The van der Waals surface area contributed by atoms with Crippen molar-refractivity contribution in [2.45, 2.75) is 12.5 Å². The molecule has 1 nitrogen and oxygen atoms in total. The van der Waals surface area contributed by atoms with E-state index in [-0.39, 0.29) is 0 Å². The molecule has 1 rings (SSSR count). The van der Waals surface area contributed by atoms with E-state index in [1.54, 1.807) is 0 Å². The van der Waals surface area contributed by atoms with Gasteiger partial charge in [-0.25, -0.2) is 0 Å². The number of rotatable bonds is 2. The number of hydrogen-bond acceptors (Lipinski definition) is 2. The van der Waals surface area contributed by atoms with Crippen LogP contribution in [0, 0.1) is 18.3 Å². The van der Waals surface area contributed by atoms with E-state index in [4.69, 9.17) is 6.42 Å². The fourth-order valence-electron chi connectivity index (χ4n) is 1.27. The first-order valence-corrected chi connectivity index (χ1v) is 4.75. The standard InChI is InChI=1S/C8H13NS/c1-3-8(9-2)7-4-5-10-6-7/h1,7-9H,4-6H2,2H3. The van der Waals surface area contributed by atoms with Crippen LogP contribution in [0.2, 0.25) is 0 Å². The van der Waals surface area contributed by atoms with Gasteiger partial charge in [0.15, 0.2) is 0 Å². The minimum atomic E-state index is 0.301. The third-order valence-corrected chi connectivity index (χ3v) is 3.12. The van der Waals surface area contributed by atoms with Crippen molar-refractivity contribution in [1.29, 1.82) is 0 Å². The van der Waals surface area contributed by atoms with E-state index in [2.05, 4.69) is 11.2 Å². The topological polar surface area (TPSA) is 12.0 Å². The molecule has 1 heterocycles. The molecule has 0 spiro atoms. The number of terminal acetylenes is 1. The van der Waals surface area contributed by atoms with Gasteiger partial charge in [0.05, 0.1) is 6.04 Å². The lowest BCUT2D eigenvalue weighted by Crippen LogP contribution is -2.31. The van der Waals surface area contributed by atoms with Crippen LogP contribution >= 0.6 is 11.8 Å². The maximum atomic E-state index is 5.34. The lowest BCUT2D eigenvalue weighted by atomic mass is 10.0. The fraction of sp³-hybridized carbons (Fsp3) is 0.750. The lowest BCUT2D eigenvalue weighted by Gasteiger charge is -2.15. The summed E-state index contributed by atoms with van der Waals surface area (Å²) in [5, 5.41) is 3.14. The lowest BCUT2D eigenvalue weighted by molar-refractivity contribution is 0.484. The van der Waals surface area contributed by atoms with Crippen molar-refractivity contribution < 1.29 is 0 Å². The van der Waals surface area contributed by atoms with Crippen molar-refractivity contribution in [3.8, 4) is 12.3 Å². The predicted molar refractivity (Wildman–Crippen MR) is 47.1 cm³/mol. The van der Waals surface area contributed by atoms with Crippen LogP contribution in [0.4, 0.5) is 0 Å². The second-order valence-corrected chi connectivity index (χ2v) is 3.71. The zero-order valence-electron chi connectivity index (χ0n) is 6.26. The summed E-state index contributed by atoms with van der Waals surface area (Å²) in [5.74, 6) is 5.99. The first kappa shape index (κ1) is 7.97. The number of nitrogens with one attached hydrogen (secondary N) is 1.